The maximum absolute atomic E-state index is 11.7. The summed E-state index contributed by atoms with van der Waals surface area (Å²) in [6, 6.07) is 4.72. The van der Waals surface area contributed by atoms with Crippen molar-refractivity contribution < 1.29 is 21.9 Å². The van der Waals surface area contributed by atoms with Crippen molar-refractivity contribution in [3.63, 3.8) is 0 Å². The van der Waals surface area contributed by atoms with Crippen LogP contribution in [0.2, 0.25) is 0 Å². The van der Waals surface area contributed by atoms with Crippen molar-refractivity contribution in [1.29, 1.82) is 0 Å². The molecule has 0 aliphatic rings. The number of sulfone groups is 1. The molecule has 116 valence electrons. The van der Waals surface area contributed by atoms with Crippen molar-refractivity contribution in [2.24, 2.45) is 0 Å². The molecule has 1 rings (SSSR count). The van der Waals surface area contributed by atoms with Crippen LogP contribution in [-0.4, -0.2) is 39.9 Å². The van der Waals surface area contributed by atoms with Crippen molar-refractivity contribution in [3.8, 4) is 11.8 Å². The SMILES string of the molecule is Cc1cc(NS(=O)(=O)CS(C)(=O)=O)ccc1C#CCCO. The summed E-state index contributed by atoms with van der Waals surface area (Å²) in [5.74, 6) is 5.63. The van der Waals surface area contributed by atoms with E-state index in [1.807, 2.05) is 0 Å². The first kappa shape index (κ1) is 17.5. The van der Waals surface area contributed by atoms with Gasteiger partial charge in [0.1, 0.15) is 0 Å². The summed E-state index contributed by atoms with van der Waals surface area (Å²) in [6.45, 7) is 1.74. The summed E-state index contributed by atoms with van der Waals surface area (Å²) in [6.07, 6.45) is 1.22. The van der Waals surface area contributed by atoms with Crippen LogP contribution in [0.4, 0.5) is 5.69 Å². The van der Waals surface area contributed by atoms with Gasteiger partial charge in [0.05, 0.1) is 6.61 Å². The van der Waals surface area contributed by atoms with Crippen molar-refractivity contribution >= 4 is 25.5 Å². The summed E-state index contributed by atoms with van der Waals surface area (Å²) in [4.78, 5) is 0. The lowest BCUT2D eigenvalue weighted by Gasteiger charge is -2.08. The average Bonchev–Trinajstić information content (AvgIpc) is 2.28. The lowest BCUT2D eigenvalue weighted by atomic mass is 10.1. The quantitative estimate of drug-likeness (QED) is 0.764. The highest BCUT2D eigenvalue weighted by atomic mass is 32.3. The standard InChI is InChI=1S/C13H17NO5S2/c1-11-9-13(7-6-12(11)5-3-4-8-15)14-21(18,19)10-20(2,16)17/h6-7,9,14-15H,4,8,10H2,1-2H3. The lowest BCUT2D eigenvalue weighted by molar-refractivity contribution is 0.305. The van der Waals surface area contributed by atoms with Crippen molar-refractivity contribution in [2.75, 3.05) is 22.7 Å². The van der Waals surface area contributed by atoms with E-state index < -0.39 is 24.9 Å². The zero-order valence-corrected chi connectivity index (χ0v) is 13.4. The Morgan fingerprint density at radius 3 is 2.43 bits per heavy atom. The zero-order chi connectivity index (χ0) is 16.1. The predicted molar refractivity (Wildman–Crippen MR) is 82.0 cm³/mol. The second-order valence-corrected chi connectivity index (χ2v) is 8.79. The van der Waals surface area contributed by atoms with Crippen LogP contribution in [0.3, 0.4) is 0 Å². The van der Waals surface area contributed by atoms with Gasteiger partial charge in [-0.25, -0.2) is 16.8 Å². The van der Waals surface area contributed by atoms with Crippen LogP contribution < -0.4 is 4.72 Å². The minimum Gasteiger partial charge on any atom is -0.395 e. The van der Waals surface area contributed by atoms with E-state index in [9.17, 15) is 16.8 Å². The molecule has 0 spiro atoms. The molecule has 21 heavy (non-hydrogen) atoms. The average molecular weight is 331 g/mol. The molecule has 0 radical (unpaired) electrons. The molecule has 0 aromatic heterocycles. The van der Waals surface area contributed by atoms with Gasteiger partial charge in [-0.15, -0.1) is 0 Å². The summed E-state index contributed by atoms with van der Waals surface area (Å²) >= 11 is 0. The topological polar surface area (TPSA) is 101 Å². The molecule has 0 aliphatic heterocycles. The van der Waals surface area contributed by atoms with E-state index in [2.05, 4.69) is 16.6 Å². The van der Waals surface area contributed by atoms with Gasteiger partial charge in [0.25, 0.3) is 0 Å². The van der Waals surface area contributed by atoms with Gasteiger partial charge in [0.2, 0.25) is 10.0 Å². The maximum atomic E-state index is 11.7. The van der Waals surface area contributed by atoms with Crippen LogP contribution in [-0.2, 0) is 19.9 Å². The Kier molecular flexibility index (Phi) is 5.78. The number of hydrogen-bond acceptors (Lipinski definition) is 5. The molecule has 8 heteroatoms. The molecule has 2 N–H and O–H groups in total. The molecule has 0 amide bonds. The second-order valence-electron chi connectivity index (χ2n) is 4.57. The van der Waals surface area contributed by atoms with E-state index in [0.29, 0.717) is 6.42 Å². The fraction of sp³-hybridized carbons (Fsp3) is 0.385. The second kappa shape index (κ2) is 6.93. The molecule has 0 aliphatic carbocycles. The van der Waals surface area contributed by atoms with E-state index >= 15 is 0 Å². The van der Waals surface area contributed by atoms with E-state index in [4.69, 9.17) is 5.11 Å². The summed E-state index contributed by atoms with van der Waals surface area (Å²) < 4.78 is 47.7. The molecular weight excluding hydrogens is 314 g/mol. The maximum Gasteiger partial charge on any atom is 0.247 e. The minimum atomic E-state index is -3.95. The fourth-order valence-corrected chi connectivity index (χ4v) is 4.55. The molecule has 0 atom stereocenters. The van der Waals surface area contributed by atoms with Gasteiger partial charge >= 0.3 is 0 Å². The number of hydrogen-bond donors (Lipinski definition) is 2. The van der Waals surface area contributed by atoms with Gasteiger partial charge in [-0.05, 0) is 30.7 Å². The Bertz CT molecular complexity index is 771. The summed E-state index contributed by atoms with van der Waals surface area (Å²) in [5, 5.41) is 7.69. The molecule has 1 aromatic rings. The molecule has 1 aromatic carbocycles. The molecule has 0 fully saturated rings. The zero-order valence-electron chi connectivity index (χ0n) is 11.8. The van der Waals surface area contributed by atoms with Gasteiger partial charge in [-0.2, -0.15) is 0 Å². The number of rotatable bonds is 5. The van der Waals surface area contributed by atoms with E-state index in [-0.39, 0.29) is 12.3 Å². The van der Waals surface area contributed by atoms with Crippen molar-refractivity contribution in [2.45, 2.75) is 13.3 Å². The smallest absolute Gasteiger partial charge is 0.247 e. The van der Waals surface area contributed by atoms with Gasteiger partial charge in [0, 0.05) is 23.9 Å². The molecule has 0 saturated heterocycles. The normalized spacial score (nSPS) is 11.6. The van der Waals surface area contributed by atoms with Crippen LogP contribution in [0.5, 0.6) is 0 Å². The monoisotopic (exact) mass is 331 g/mol. The number of aliphatic hydroxyl groups is 1. The number of aryl methyl sites for hydroxylation is 1. The van der Waals surface area contributed by atoms with Gasteiger partial charge in [-0.1, -0.05) is 11.8 Å². The number of nitrogens with one attached hydrogen (secondary N) is 1. The largest absolute Gasteiger partial charge is 0.395 e. The highest BCUT2D eigenvalue weighted by Crippen LogP contribution is 2.16. The van der Waals surface area contributed by atoms with Crippen LogP contribution >= 0.6 is 0 Å². The third-order valence-corrected chi connectivity index (χ3v) is 5.83. The third-order valence-electron chi connectivity index (χ3n) is 2.33. The summed E-state index contributed by atoms with van der Waals surface area (Å²) in [5.41, 5.74) is 1.75. The van der Waals surface area contributed by atoms with Gasteiger partial charge in [0.15, 0.2) is 14.9 Å². The number of sulfonamides is 1. The van der Waals surface area contributed by atoms with Gasteiger partial charge in [-0.3, -0.25) is 4.72 Å². The third kappa shape index (κ3) is 6.62. The Morgan fingerprint density at radius 1 is 1.24 bits per heavy atom. The first-order valence-corrected chi connectivity index (χ1v) is 9.73. The van der Waals surface area contributed by atoms with Crippen LogP contribution in [0.25, 0.3) is 0 Å². The molecule has 6 nitrogen and oxygen atoms in total. The molecule has 0 unspecified atom stereocenters. The predicted octanol–water partition coefficient (Wildman–Crippen LogP) is 0.473. The minimum absolute atomic E-state index is 0.0184. The molecule has 0 saturated carbocycles. The van der Waals surface area contributed by atoms with E-state index in [1.165, 1.54) is 6.07 Å². The number of aliphatic hydroxyl groups excluding tert-OH is 1. The highest BCUT2D eigenvalue weighted by molar-refractivity contribution is 8.08. The molecule has 0 bridgehead atoms. The number of benzene rings is 1. The van der Waals surface area contributed by atoms with Crippen LogP contribution in [0.15, 0.2) is 18.2 Å². The lowest BCUT2D eigenvalue weighted by Crippen LogP contribution is -2.22. The van der Waals surface area contributed by atoms with E-state index in [1.54, 1.807) is 19.1 Å². The molecule has 0 heterocycles. The van der Waals surface area contributed by atoms with Crippen LogP contribution in [0, 0.1) is 18.8 Å². The van der Waals surface area contributed by atoms with Crippen molar-refractivity contribution in [3.05, 3.63) is 29.3 Å². The number of anilines is 1. The Labute approximate surface area is 125 Å². The Balaban J connectivity index is 2.93. The molecular formula is C13H17NO5S2. The Hall–Kier alpha value is -1.56. The van der Waals surface area contributed by atoms with Gasteiger partial charge < -0.3 is 5.11 Å². The first-order chi connectivity index (χ1) is 9.63. The van der Waals surface area contributed by atoms with Crippen LogP contribution in [0.1, 0.15) is 17.5 Å². The highest BCUT2D eigenvalue weighted by Gasteiger charge is 2.18. The Morgan fingerprint density at radius 2 is 1.90 bits per heavy atom. The fourth-order valence-electron chi connectivity index (χ4n) is 1.57. The van der Waals surface area contributed by atoms with Crippen molar-refractivity contribution in [1.82, 2.24) is 0 Å². The van der Waals surface area contributed by atoms with E-state index in [0.717, 1.165) is 17.4 Å². The summed E-state index contributed by atoms with van der Waals surface area (Å²) in [7, 11) is -7.58. The first-order valence-electron chi connectivity index (χ1n) is 6.01.